The predicted molar refractivity (Wildman–Crippen MR) is 214 cm³/mol. The fraction of sp³-hybridized carbons (Fsp3) is 0.450. The maximum Gasteiger partial charge on any atom is 2.00 e. The van der Waals surface area contributed by atoms with Crippen LogP contribution in [0.2, 0.25) is 0 Å². The van der Waals surface area contributed by atoms with Crippen LogP contribution in [-0.2, 0) is 45.0 Å². The number of aliphatic imine (C=N–C) groups is 2. The van der Waals surface area contributed by atoms with Crippen molar-refractivity contribution in [3.63, 3.8) is 0 Å². The van der Waals surface area contributed by atoms with Gasteiger partial charge >= 0.3 is 28.4 Å². The summed E-state index contributed by atoms with van der Waals surface area (Å²) in [5.41, 5.74) is -4.76. The van der Waals surface area contributed by atoms with Crippen LogP contribution in [0.25, 0.3) is 22.1 Å². The van der Waals surface area contributed by atoms with Crippen molar-refractivity contribution in [1.29, 1.82) is 0 Å². The van der Waals surface area contributed by atoms with Gasteiger partial charge in [-0.05, 0) is 63.8 Å². The zero-order chi connectivity index (χ0) is 43.6. The third-order valence-electron chi connectivity index (χ3n) is 9.69. The number of rotatable bonds is 12. The van der Waals surface area contributed by atoms with Gasteiger partial charge in [0.25, 0.3) is 11.8 Å². The Bertz CT molecular complexity index is 2130. The fourth-order valence-corrected chi connectivity index (χ4v) is 6.10. The first-order valence-corrected chi connectivity index (χ1v) is 19.0. The van der Waals surface area contributed by atoms with Crippen LogP contribution >= 0.6 is 0 Å². The Hall–Kier alpha value is -5.73. The fourth-order valence-electron chi connectivity index (χ4n) is 6.10. The van der Waals surface area contributed by atoms with Crippen molar-refractivity contribution in [2.75, 3.05) is 66.7 Å². The molecule has 61 heavy (non-hydrogen) atoms. The minimum Gasteiger partial charge on any atom is -0.860 e. The van der Waals surface area contributed by atoms with E-state index in [2.05, 4.69) is 51.2 Å². The molecule has 0 aliphatic carbocycles. The van der Waals surface area contributed by atoms with Crippen LogP contribution in [0, 0.1) is 0 Å². The summed E-state index contributed by atoms with van der Waals surface area (Å²) in [4.78, 5) is 77.8. The van der Waals surface area contributed by atoms with Gasteiger partial charge in [-0.1, -0.05) is 24.3 Å². The van der Waals surface area contributed by atoms with Gasteiger partial charge in [-0.3, -0.25) is 29.5 Å². The van der Waals surface area contributed by atoms with Crippen LogP contribution in [0.5, 0.6) is 0 Å². The van der Waals surface area contributed by atoms with Crippen LogP contribution in [0.4, 0.5) is 0 Å². The van der Waals surface area contributed by atoms with Crippen molar-refractivity contribution in [3.8, 4) is 0 Å². The SMILES string of the molecule is COC(=O)[C@@]1(C)CNC[C@@](C)(OCCNC(=O)c2cnc3ccccc3n2)C([O-])=N[C@@](C)(C(=O)OC)CNC[C@@](C)(OCCNC(=O)c2cnc3ccccc3n2)C([O-])=N1.[Ni+2]. The first-order chi connectivity index (χ1) is 28.5. The normalized spacial score (nSPS) is 23.6. The molecule has 1 aliphatic heterocycles. The van der Waals surface area contributed by atoms with Gasteiger partial charge in [-0.15, -0.1) is 0 Å². The van der Waals surface area contributed by atoms with Crippen LogP contribution in [0.15, 0.2) is 70.9 Å². The number of aromatic nitrogens is 4. The van der Waals surface area contributed by atoms with Crippen molar-refractivity contribution in [2.45, 2.75) is 50.0 Å². The summed E-state index contributed by atoms with van der Waals surface area (Å²) in [5.74, 6) is -4.53. The van der Waals surface area contributed by atoms with Crippen molar-refractivity contribution >= 4 is 57.6 Å². The minimum absolute atomic E-state index is 0. The van der Waals surface area contributed by atoms with Gasteiger partial charge in [0.1, 0.15) is 22.6 Å². The molecule has 328 valence electrons. The molecule has 21 heteroatoms. The Morgan fingerprint density at radius 3 is 1.34 bits per heavy atom. The molecule has 2 aromatic heterocycles. The van der Waals surface area contributed by atoms with Crippen molar-refractivity contribution in [2.24, 2.45) is 9.98 Å². The van der Waals surface area contributed by atoms with Gasteiger partial charge in [-0.25, -0.2) is 19.6 Å². The largest absolute Gasteiger partial charge is 2.00 e. The van der Waals surface area contributed by atoms with Gasteiger partial charge in [-0.2, -0.15) is 0 Å². The monoisotopic (exact) mass is 886 g/mol. The van der Waals surface area contributed by atoms with Crippen molar-refractivity contribution in [3.05, 3.63) is 72.3 Å². The number of ether oxygens (including phenoxy) is 4. The van der Waals surface area contributed by atoms with Gasteiger partial charge in [0.15, 0.2) is 11.1 Å². The van der Waals surface area contributed by atoms with Gasteiger partial charge < -0.3 is 50.4 Å². The first kappa shape index (κ1) is 47.9. The van der Waals surface area contributed by atoms with E-state index in [0.29, 0.717) is 22.1 Å². The average Bonchev–Trinajstić information content (AvgIpc) is 3.25. The zero-order valence-electron chi connectivity index (χ0n) is 34.5. The molecule has 0 radical (unpaired) electrons. The number of esters is 2. The van der Waals surface area contributed by atoms with Crippen molar-refractivity contribution in [1.82, 2.24) is 41.2 Å². The second kappa shape index (κ2) is 20.7. The number of carbonyl (C=O) groups is 4. The molecule has 0 saturated heterocycles. The Kier molecular flexibility index (Phi) is 16.3. The number of amides is 2. The second-order valence-electron chi connectivity index (χ2n) is 14.7. The number of nitrogens with zero attached hydrogens (tertiary/aromatic N) is 6. The predicted octanol–water partition coefficient (Wildman–Crippen LogP) is -1.15. The molecule has 20 nitrogen and oxygen atoms in total. The van der Waals surface area contributed by atoms with Gasteiger partial charge in [0.2, 0.25) is 0 Å². The Morgan fingerprint density at radius 2 is 0.984 bits per heavy atom. The molecular formula is C40H48N10NiO10. The van der Waals surface area contributed by atoms with E-state index in [4.69, 9.17) is 18.9 Å². The maximum atomic E-state index is 14.0. The van der Waals surface area contributed by atoms with Crippen LogP contribution in [0.1, 0.15) is 48.7 Å². The molecule has 0 bridgehead atoms. The number of nitrogens with one attached hydrogen (secondary N) is 4. The number of fused-ring (bicyclic) bond motifs is 2. The molecule has 2 aromatic carbocycles. The second-order valence-corrected chi connectivity index (χ2v) is 14.7. The first-order valence-electron chi connectivity index (χ1n) is 19.0. The molecule has 1 aliphatic rings. The van der Waals surface area contributed by atoms with E-state index in [-0.39, 0.29) is 80.4 Å². The average molecular weight is 888 g/mol. The molecule has 0 spiro atoms. The number of benzene rings is 2. The summed E-state index contributed by atoms with van der Waals surface area (Å²) < 4.78 is 22.1. The molecule has 4 atom stereocenters. The minimum atomic E-state index is -1.83. The van der Waals surface area contributed by atoms with E-state index < -0.39 is 57.8 Å². The third-order valence-corrected chi connectivity index (χ3v) is 9.69. The number of carbonyl (C=O) groups excluding carboxylic acids is 4. The number of methoxy groups -OCH3 is 2. The Balaban J connectivity index is 0.00000819. The van der Waals surface area contributed by atoms with E-state index in [9.17, 15) is 29.4 Å². The van der Waals surface area contributed by atoms with E-state index in [1.54, 1.807) is 48.5 Å². The molecule has 4 aromatic rings. The molecule has 2 amide bonds. The smallest absolute Gasteiger partial charge is 0.860 e. The standard InChI is InChI=1S/C40H50N10O10.Ni/c1-37(35(55)57-5)21-41-23-40(4,60-18-16-44-32(52)30-20-46-26-12-8-10-14-28(26)48-30)34(54)50-38(2,36(56)58-6)22-42-24-39(3,33(53)49-37)59-17-15-43-31(51)29-19-45-25-11-7-9-13-27(25)47-29;/h7-14,19-20,41-42H,15-18,21-24H2,1-6H3,(H,43,51)(H,44,52)(H,49,53)(H,50,54);/q;+2/p-2/t37-,38-,39-,40-;/m1./s1. The zero-order valence-corrected chi connectivity index (χ0v) is 35.5. The number of hydrogen-bond donors (Lipinski definition) is 4. The van der Waals surface area contributed by atoms with Crippen LogP contribution in [-0.4, -0.2) is 144 Å². The Labute approximate surface area is 361 Å². The maximum absolute atomic E-state index is 14.0. The van der Waals surface area contributed by atoms with Crippen LogP contribution < -0.4 is 31.5 Å². The molecule has 3 heterocycles. The molecule has 5 rings (SSSR count). The Morgan fingerprint density at radius 1 is 0.623 bits per heavy atom. The van der Waals surface area contributed by atoms with Crippen LogP contribution in [0.3, 0.4) is 0 Å². The summed E-state index contributed by atoms with van der Waals surface area (Å²) in [6.07, 6.45) is 2.69. The topological polar surface area (TPSA) is 276 Å². The van der Waals surface area contributed by atoms with E-state index in [1.807, 2.05) is 0 Å². The van der Waals surface area contributed by atoms with Gasteiger partial charge in [0.05, 0.1) is 61.9 Å². The molecule has 0 saturated carbocycles. The van der Waals surface area contributed by atoms with E-state index >= 15 is 0 Å². The number of hydrogen-bond acceptors (Lipinski definition) is 18. The van der Waals surface area contributed by atoms with Crippen molar-refractivity contribution < 1.29 is 64.8 Å². The molecule has 0 fully saturated rings. The van der Waals surface area contributed by atoms with E-state index in [1.165, 1.54) is 40.1 Å². The molecular weight excluding hydrogens is 839 g/mol. The summed E-state index contributed by atoms with van der Waals surface area (Å²) >= 11 is 0. The number of para-hydroxylation sites is 4. The summed E-state index contributed by atoms with van der Waals surface area (Å²) in [5, 5.41) is 39.4. The van der Waals surface area contributed by atoms with E-state index in [0.717, 1.165) is 14.2 Å². The summed E-state index contributed by atoms with van der Waals surface area (Å²) in [6, 6.07) is 14.2. The molecule has 4 N–H and O–H groups in total. The summed E-state index contributed by atoms with van der Waals surface area (Å²) in [7, 11) is 2.28. The third kappa shape index (κ3) is 11.8. The summed E-state index contributed by atoms with van der Waals surface area (Å²) in [6.45, 7) is 3.85. The molecule has 0 unspecified atom stereocenters. The quantitative estimate of drug-likeness (QED) is 0.0743. The van der Waals surface area contributed by atoms with Gasteiger partial charge in [0, 0.05) is 39.3 Å².